The highest BCUT2D eigenvalue weighted by Gasteiger charge is 2.61. The van der Waals surface area contributed by atoms with Crippen LogP contribution in [0.25, 0.3) is 0 Å². The summed E-state index contributed by atoms with van der Waals surface area (Å²) in [5, 5.41) is 11.6. The van der Waals surface area contributed by atoms with Crippen molar-refractivity contribution in [3.63, 3.8) is 0 Å². The van der Waals surface area contributed by atoms with Crippen molar-refractivity contribution in [2.45, 2.75) is 188 Å². The number of hydrogen-bond acceptors (Lipinski definition) is 6. The molecule has 0 aromatic carbocycles. The highest BCUT2D eigenvalue weighted by atomic mass is 28.4. The topological polar surface area (TPSA) is 66.4 Å². The predicted molar refractivity (Wildman–Crippen MR) is 217 cm³/mol. The Bertz CT molecular complexity index is 1240. The average Bonchev–Trinajstić information content (AvgIpc) is 3.34. The molecule has 0 unspecified atom stereocenters. The Balaban J connectivity index is 1.59. The van der Waals surface area contributed by atoms with Crippen molar-refractivity contribution in [1.82, 2.24) is 0 Å². The maximum absolute atomic E-state index is 11.3. The standard InChI is InChI=1S/C43H80O6Si2/c1-30(17-22-37(41(8,9)44)49-51(15,16)40(5,6)7)34-20-21-35-33-19-18-31-27-32(48-50(13,14)39(2,3)4)23-24-42(31,10)38(33)36(28-43(34,35)11)47-29-46-26-25-45-12/h18-19,30,32,34-38,44H,17,20-29H2,1-16H3/t30-,32+,34-,35+,36-,37-,38-,42+,43-/m1/s1. The zero-order valence-corrected chi connectivity index (χ0v) is 38.0. The maximum Gasteiger partial charge on any atom is 0.192 e. The van der Waals surface area contributed by atoms with Crippen LogP contribution in [0.5, 0.6) is 0 Å². The quantitative estimate of drug-likeness (QED) is 0.102. The summed E-state index contributed by atoms with van der Waals surface area (Å²) in [6, 6.07) is 0. The van der Waals surface area contributed by atoms with Gasteiger partial charge in [-0.05, 0) is 130 Å². The number of ether oxygens (including phenoxy) is 3. The number of rotatable bonds is 15. The Morgan fingerprint density at radius 2 is 1.53 bits per heavy atom. The Morgan fingerprint density at radius 3 is 2.12 bits per heavy atom. The molecule has 4 aliphatic rings. The smallest absolute Gasteiger partial charge is 0.192 e. The molecule has 0 aromatic heterocycles. The molecule has 0 bridgehead atoms. The highest BCUT2D eigenvalue weighted by molar-refractivity contribution is 6.74. The van der Waals surface area contributed by atoms with Crippen LogP contribution in [-0.2, 0) is 23.1 Å². The lowest BCUT2D eigenvalue weighted by Gasteiger charge is -2.58. The number of allylic oxidation sites excluding steroid dienone is 2. The van der Waals surface area contributed by atoms with Gasteiger partial charge in [0.2, 0.25) is 0 Å². The van der Waals surface area contributed by atoms with Gasteiger partial charge in [-0.25, -0.2) is 0 Å². The summed E-state index contributed by atoms with van der Waals surface area (Å²) in [6.45, 7) is 36.2. The van der Waals surface area contributed by atoms with Crippen LogP contribution >= 0.6 is 0 Å². The summed E-state index contributed by atoms with van der Waals surface area (Å²) in [7, 11) is -2.17. The first-order valence-electron chi connectivity index (χ1n) is 20.5. The zero-order chi connectivity index (χ0) is 38.4. The van der Waals surface area contributed by atoms with E-state index in [2.05, 4.69) is 101 Å². The van der Waals surface area contributed by atoms with Crippen molar-refractivity contribution < 1.29 is 28.2 Å². The van der Waals surface area contributed by atoms with E-state index in [0.717, 1.165) is 38.5 Å². The molecule has 3 saturated carbocycles. The van der Waals surface area contributed by atoms with Crippen molar-refractivity contribution in [3.05, 3.63) is 23.3 Å². The summed E-state index contributed by atoms with van der Waals surface area (Å²) >= 11 is 0. The molecule has 0 aromatic rings. The molecule has 1 N–H and O–H groups in total. The van der Waals surface area contributed by atoms with E-state index < -0.39 is 22.2 Å². The summed E-state index contributed by atoms with van der Waals surface area (Å²) in [6.07, 6.45) is 14.1. The van der Waals surface area contributed by atoms with E-state index in [4.69, 9.17) is 23.1 Å². The van der Waals surface area contributed by atoms with Gasteiger partial charge in [0.15, 0.2) is 16.6 Å². The second-order valence-corrected chi connectivity index (χ2v) is 30.8. The molecule has 0 radical (unpaired) electrons. The number of aliphatic hydroxyl groups is 1. The Hall–Kier alpha value is -0.326. The second-order valence-electron chi connectivity index (χ2n) is 21.2. The van der Waals surface area contributed by atoms with Crippen molar-refractivity contribution in [2.24, 2.45) is 34.5 Å². The van der Waals surface area contributed by atoms with Crippen LogP contribution in [0.2, 0.25) is 36.3 Å². The normalized spacial score (nSPS) is 33.2. The van der Waals surface area contributed by atoms with Crippen LogP contribution in [0.15, 0.2) is 23.3 Å². The van der Waals surface area contributed by atoms with Crippen LogP contribution in [0.4, 0.5) is 0 Å². The van der Waals surface area contributed by atoms with Gasteiger partial charge in [-0.15, -0.1) is 0 Å². The van der Waals surface area contributed by atoms with E-state index >= 15 is 0 Å². The predicted octanol–water partition coefficient (Wildman–Crippen LogP) is 11.1. The van der Waals surface area contributed by atoms with Crippen LogP contribution < -0.4 is 0 Å². The lowest BCUT2D eigenvalue weighted by atomic mass is 9.49. The molecule has 8 heteroatoms. The fourth-order valence-electron chi connectivity index (χ4n) is 9.92. The van der Waals surface area contributed by atoms with E-state index in [-0.39, 0.29) is 33.1 Å². The largest absolute Gasteiger partial charge is 0.414 e. The van der Waals surface area contributed by atoms with E-state index in [0.29, 0.717) is 49.8 Å². The number of hydrogen-bond donors (Lipinski definition) is 1. The Kier molecular flexibility index (Phi) is 13.3. The molecule has 6 nitrogen and oxygen atoms in total. The molecule has 0 saturated heterocycles. The van der Waals surface area contributed by atoms with Gasteiger partial charge in [-0.3, -0.25) is 0 Å². The van der Waals surface area contributed by atoms with Gasteiger partial charge in [0.05, 0.1) is 31.0 Å². The number of methoxy groups -OCH3 is 1. The molecule has 4 rings (SSSR count). The average molecular weight is 749 g/mol. The molecular formula is C43H80O6Si2. The molecule has 9 atom stereocenters. The Morgan fingerprint density at radius 1 is 0.882 bits per heavy atom. The molecule has 51 heavy (non-hydrogen) atoms. The summed E-state index contributed by atoms with van der Waals surface area (Å²) in [4.78, 5) is 0. The zero-order valence-electron chi connectivity index (χ0n) is 36.0. The minimum Gasteiger partial charge on any atom is -0.414 e. The molecule has 0 aliphatic heterocycles. The summed E-state index contributed by atoms with van der Waals surface area (Å²) < 4.78 is 32.0. The van der Waals surface area contributed by atoms with Crippen molar-refractivity contribution >= 4 is 16.6 Å². The van der Waals surface area contributed by atoms with Crippen molar-refractivity contribution in [2.75, 3.05) is 27.1 Å². The molecule has 3 fully saturated rings. The van der Waals surface area contributed by atoms with Crippen molar-refractivity contribution in [3.8, 4) is 0 Å². The van der Waals surface area contributed by atoms with Gasteiger partial charge in [0, 0.05) is 19.1 Å². The number of fused-ring (bicyclic) bond motifs is 5. The monoisotopic (exact) mass is 749 g/mol. The van der Waals surface area contributed by atoms with Crippen LogP contribution in [-0.4, -0.2) is 72.8 Å². The van der Waals surface area contributed by atoms with E-state index in [1.165, 1.54) is 12.8 Å². The van der Waals surface area contributed by atoms with E-state index in [1.54, 1.807) is 18.3 Å². The van der Waals surface area contributed by atoms with Gasteiger partial charge < -0.3 is 28.2 Å². The third-order valence-electron chi connectivity index (χ3n) is 15.2. The van der Waals surface area contributed by atoms with Gasteiger partial charge in [0.1, 0.15) is 6.79 Å². The minimum absolute atomic E-state index is 0.0701. The second kappa shape index (κ2) is 15.7. The van der Waals surface area contributed by atoms with Gasteiger partial charge in [0.25, 0.3) is 0 Å². The van der Waals surface area contributed by atoms with Gasteiger partial charge in [-0.1, -0.05) is 85.6 Å². The molecule has 0 spiro atoms. The van der Waals surface area contributed by atoms with Crippen LogP contribution in [0.3, 0.4) is 0 Å². The van der Waals surface area contributed by atoms with Crippen molar-refractivity contribution in [1.29, 1.82) is 0 Å². The fourth-order valence-corrected chi connectivity index (χ4v) is 12.8. The first-order valence-corrected chi connectivity index (χ1v) is 26.3. The van der Waals surface area contributed by atoms with E-state index in [1.807, 2.05) is 13.8 Å². The third kappa shape index (κ3) is 9.22. The summed E-state index contributed by atoms with van der Waals surface area (Å²) in [5.74, 6) is 2.04. The SMILES string of the molecule is COCCOCO[C@@H]1C[C@]2(C)[C@@H]([C@H](C)CC[C@@H](O[Si](C)(C)C(C)(C)C)C(C)(C)O)CC[C@H]2C2=CC=C3C[C@@H](O[Si](C)(C)C(C)(C)C)CC[C@]3(C)[C@H]21. The summed E-state index contributed by atoms with van der Waals surface area (Å²) in [5.41, 5.74) is 2.53. The minimum atomic E-state index is -2.04. The van der Waals surface area contributed by atoms with Crippen LogP contribution in [0, 0.1) is 34.5 Å². The molecule has 0 amide bonds. The lowest BCUT2D eigenvalue weighted by Crippen LogP contribution is -2.54. The molecule has 296 valence electrons. The highest BCUT2D eigenvalue weighted by Crippen LogP contribution is 2.67. The first kappa shape index (κ1) is 43.4. The lowest BCUT2D eigenvalue weighted by molar-refractivity contribution is -0.152. The fraction of sp³-hybridized carbons (Fsp3) is 0.907. The molecule has 0 heterocycles. The van der Waals surface area contributed by atoms with Gasteiger partial charge in [-0.2, -0.15) is 0 Å². The first-order chi connectivity index (χ1) is 23.3. The molecular weight excluding hydrogens is 669 g/mol. The van der Waals surface area contributed by atoms with Crippen LogP contribution in [0.1, 0.15) is 128 Å². The van der Waals surface area contributed by atoms with Gasteiger partial charge >= 0.3 is 0 Å². The maximum atomic E-state index is 11.3. The third-order valence-corrected chi connectivity index (χ3v) is 24.2. The molecule has 4 aliphatic carbocycles. The van der Waals surface area contributed by atoms with E-state index in [9.17, 15) is 5.11 Å². The Labute approximate surface area is 316 Å².